The Labute approximate surface area is 109 Å². The van der Waals surface area contributed by atoms with Gasteiger partial charge in [0.25, 0.3) is 0 Å². The van der Waals surface area contributed by atoms with E-state index in [1.165, 1.54) is 31.4 Å². The number of aryl methyl sites for hydroxylation is 1. The van der Waals surface area contributed by atoms with Crippen LogP contribution in [0.15, 0.2) is 0 Å². The Hall–Kier alpha value is -0.700. The van der Waals surface area contributed by atoms with E-state index in [2.05, 4.69) is 30.7 Å². The number of nitrogens with one attached hydrogen (secondary N) is 1. The van der Waals surface area contributed by atoms with Gasteiger partial charge in [0.15, 0.2) is 0 Å². The number of nitrogens with zero attached hydrogens (tertiary/aromatic N) is 1. The third kappa shape index (κ3) is 2.59. The van der Waals surface area contributed by atoms with Crippen LogP contribution in [0.4, 0.5) is 0 Å². The minimum atomic E-state index is 0.604. The fourth-order valence-corrected chi connectivity index (χ4v) is 3.06. The number of hydrogen-bond acceptors (Lipinski definition) is 2. The SMILES string of the molecule is CCc1[nH]c(C2CCC(CC)C2)nc(=S)c1C. The van der Waals surface area contributed by atoms with Crippen LogP contribution in [0.2, 0.25) is 0 Å². The van der Waals surface area contributed by atoms with Crippen molar-refractivity contribution in [1.82, 2.24) is 9.97 Å². The largest absolute Gasteiger partial charge is 0.347 e. The number of rotatable bonds is 3. The Morgan fingerprint density at radius 1 is 1.35 bits per heavy atom. The quantitative estimate of drug-likeness (QED) is 0.810. The molecule has 2 atom stereocenters. The van der Waals surface area contributed by atoms with Crippen molar-refractivity contribution in [2.45, 2.75) is 58.8 Å². The fraction of sp³-hybridized carbons (Fsp3) is 0.714. The lowest BCUT2D eigenvalue weighted by Gasteiger charge is -2.13. The number of H-pyrrole nitrogens is 1. The molecule has 2 nitrogen and oxygen atoms in total. The van der Waals surface area contributed by atoms with Crippen LogP contribution in [-0.2, 0) is 6.42 Å². The van der Waals surface area contributed by atoms with Crippen molar-refractivity contribution in [2.75, 3.05) is 0 Å². The molecule has 1 aliphatic rings. The van der Waals surface area contributed by atoms with Crippen LogP contribution >= 0.6 is 12.2 Å². The smallest absolute Gasteiger partial charge is 0.132 e. The van der Waals surface area contributed by atoms with Crippen molar-refractivity contribution < 1.29 is 0 Å². The summed E-state index contributed by atoms with van der Waals surface area (Å²) in [6.07, 6.45) is 6.20. The molecular weight excluding hydrogens is 228 g/mol. The highest BCUT2D eigenvalue weighted by molar-refractivity contribution is 7.71. The third-order valence-electron chi connectivity index (χ3n) is 4.13. The van der Waals surface area contributed by atoms with Crippen molar-refractivity contribution in [2.24, 2.45) is 5.92 Å². The van der Waals surface area contributed by atoms with Gasteiger partial charge in [-0.25, -0.2) is 4.98 Å². The zero-order chi connectivity index (χ0) is 12.4. The van der Waals surface area contributed by atoms with Gasteiger partial charge in [-0.1, -0.05) is 32.5 Å². The van der Waals surface area contributed by atoms with Crippen molar-refractivity contribution in [1.29, 1.82) is 0 Å². The number of hydrogen-bond donors (Lipinski definition) is 1. The topological polar surface area (TPSA) is 28.7 Å². The second-order valence-electron chi connectivity index (χ2n) is 5.17. The zero-order valence-corrected chi connectivity index (χ0v) is 11.9. The summed E-state index contributed by atoms with van der Waals surface area (Å²) in [6.45, 7) is 6.52. The maximum Gasteiger partial charge on any atom is 0.132 e. The summed E-state index contributed by atoms with van der Waals surface area (Å²) in [5.74, 6) is 2.62. The summed E-state index contributed by atoms with van der Waals surface area (Å²) in [7, 11) is 0. The van der Waals surface area contributed by atoms with E-state index in [4.69, 9.17) is 12.2 Å². The van der Waals surface area contributed by atoms with Crippen molar-refractivity contribution in [3.05, 3.63) is 21.7 Å². The van der Waals surface area contributed by atoms with E-state index in [0.29, 0.717) is 5.92 Å². The first-order valence-corrected chi connectivity index (χ1v) is 7.16. The van der Waals surface area contributed by atoms with Crippen molar-refractivity contribution in [3.63, 3.8) is 0 Å². The molecule has 2 unspecified atom stereocenters. The first kappa shape index (κ1) is 12.7. The lowest BCUT2D eigenvalue weighted by atomic mass is 10.0. The zero-order valence-electron chi connectivity index (χ0n) is 11.0. The van der Waals surface area contributed by atoms with Crippen molar-refractivity contribution in [3.8, 4) is 0 Å². The van der Waals surface area contributed by atoms with Crippen LogP contribution in [0.1, 0.15) is 62.5 Å². The maximum atomic E-state index is 5.36. The van der Waals surface area contributed by atoms with E-state index in [1.54, 1.807) is 0 Å². The molecule has 17 heavy (non-hydrogen) atoms. The maximum absolute atomic E-state index is 5.36. The number of aromatic nitrogens is 2. The van der Waals surface area contributed by atoms with Gasteiger partial charge in [0, 0.05) is 17.2 Å². The molecular formula is C14H22N2S. The molecule has 1 aliphatic carbocycles. The van der Waals surface area contributed by atoms with Crippen LogP contribution < -0.4 is 0 Å². The average Bonchev–Trinajstić information content (AvgIpc) is 2.81. The van der Waals surface area contributed by atoms with Crippen LogP contribution in [0.25, 0.3) is 0 Å². The van der Waals surface area contributed by atoms with Gasteiger partial charge in [-0.3, -0.25) is 0 Å². The van der Waals surface area contributed by atoms with Gasteiger partial charge < -0.3 is 4.98 Å². The Morgan fingerprint density at radius 2 is 2.12 bits per heavy atom. The second-order valence-corrected chi connectivity index (χ2v) is 5.56. The first-order chi connectivity index (χ1) is 8.15. The summed E-state index contributed by atoms with van der Waals surface area (Å²) in [4.78, 5) is 8.10. The van der Waals surface area contributed by atoms with Gasteiger partial charge in [-0.2, -0.15) is 0 Å². The Bertz CT molecular complexity index is 450. The molecule has 3 heteroatoms. The molecule has 94 valence electrons. The van der Waals surface area contributed by atoms with E-state index in [1.807, 2.05) is 0 Å². The molecule has 1 fully saturated rings. The molecule has 1 heterocycles. The third-order valence-corrected chi connectivity index (χ3v) is 4.53. The highest BCUT2D eigenvalue weighted by Crippen LogP contribution is 2.38. The van der Waals surface area contributed by atoms with Crippen LogP contribution in [0, 0.1) is 17.5 Å². The Balaban J connectivity index is 2.28. The Morgan fingerprint density at radius 3 is 2.71 bits per heavy atom. The molecule has 2 rings (SSSR count). The van der Waals surface area contributed by atoms with Gasteiger partial charge >= 0.3 is 0 Å². The summed E-state index contributed by atoms with van der Waals surface area (Å²) in [6, 6.07) is 0. The van der Waals surface area contributed by atoms with E-state index >= 15 is 0 Å². The summed E-state index contributed by atoms with van der Waals surface area (Å²) in [5, 5.41) is 0. The monoisotopic (exact) mass is 250 g/mol. The van der Waals surface area contributed by atoms with Crippen molar-refractivity contribution >= 4 is 12.2 Å². The molecule has 1 aromatic heterocycles. The molecule has 0 spiro atoms. The van der Waals surface area contributed by atoms with Gasteiger partial charge in [0.1, 0.15) is 10.5 Å². The predicted octanol–water partition coefficient (Wildman–Crippen LogP) is 4.30. The Kier molecular flexibility index (Phi) is 3.97. The predicted molar refractivity (Wildman–Crippen MR) is 73.9 cm³/mol. The normalized spacial score (nSPS) is 24.2. The molecule has 0 saturated heterocycles. The van der Waals surface area contributed by atoms with Gasteiger partial charge in [0.2, 0.25) is 0 Å². The highest BCUT2D eigenvalue weighted by atomic mass is 32.1. The van der Waals surface area contributed by atoms with Gasteiger partial charge in [-0.15, -0.1) is 0 Å². The lowest BCUT2D eigenvalue weighted by Crippen LogP contribution is -2.06. The molecule has 0 radical (unpaired) electrons. The second kappa shape index (κ2) is 5.30. The number of aromatic amines is 1. The standard InChI is InChI=1S/C14H22N2S/c1-4-10-6-7-11(8-10)13-15-12(5-2)9(3)14(17)16-13/h10-11H,4-8H2,1-3H3,(H,15,16,17). The van der Waals surface area contributed by atoms with Gasteiger partial charge in [-0.05, 0) is 38.5 Å². The lowest BCUT2D eigenvalue weighted by molar-refractivity contribution is 0.516. The minimum Gasteiger partial charge on any atom is -0.347 e. The summed E-state index contributed by atoms with van der Waals surface area (Å²) < 4.78 is 0.788. The summed E-state index contributed by atoms with van der Waals surface area (Å²) in [5.41, 5.74) is 2.41. The van der Waals surface area contributed by atoms with E-state index < -0.39 is 0 Å². The van der Waals surface area contributed by atoms with E-state index in [9.17, 15) is 0 Å². The molecule has 0 amide bonds. The van der Waals surface area contributed by atoms with Crippen LogP contribution in [0.5, 0.6) is 0 Å². The van der Waals surface area contributed by atoms with E-state index in [-0.39, 0.29) is 0 Å². The molecule has 0 bridgehead atoms. The average molecular weight is 250 g/mol. The fourth-order valence-electron chi connectivity index (χ4n) is 2.84. The summed E-state index contributed by atoms with van der Waals surface area (Å²) >= 11 is 5.36. The first-order valence-electron chi connectivity index (χ1n) is 6.75. The molecule has 1 N–H and O–H groups in total. The van der Waals surface area contributed by atoms with Crippen LogP contribution in [0.3, 0.4) is 0 Å². The molecule has 0 aromatic carbocycles. The highest BCUT2D eigenvalue weighted by Gasteiger charge is 2.26. The van der Waals surface area contributed by atoms with Gasteiger partial charge in [0.05, 0.1) is 0 Å². The minimum absolute atomic E-state index is 0.604. The molecule has 0 aliphatic heterocycles. The van der Waals surface area contributed by atoms with Crippen LogP contribution in [-0.4, -0.2) is 9.97 Å². The van der Waals surface area contributed by atoms with E-state index in [0.717, 1.165) is 28.4 Å². The molecule has 1 aromatic rings. The molecule has 1 saturated carbocycles.